The van der Waals surface area contributed by atoms with Crippen LogP contribution in [0, 0.1) is 6.92 Å². The van der Waals surface area contributed by atoms with E-state index in [0.29, 0.717) is 10.6 Å². The van der Waals surface area contributed by atoms with Gasteiger partial charge in [0, 0.05) is 24.0 Å². The SMILES string of the molecule is Cc1cc(Cl)c2c(c1)c(C1=CCN(C)CC1)cn2OC(=O)c1ccccc1. The molecule has 3 aromatic rings. The van der Waals surface area contributed by atoms with Gasteiger partial charge < -0.3 is 9.74 Å². The number of hydrogen-bond donors (Lipinski definition) is 0. The van der Waals surface area contributed by atoms with E-state index < -0.39 is 5.97 Å². The summed E-state index contributed by atoms with van der Waals surface area (Å²) in [4.78, 5) is 20.5. The van der Waals surface area contributed by atoms with Crippen molar-refractivity contribution in [2.45, 2.75) is 13.3 Å². The molecule has 0 bridgehead atoms. The van der Waals surface area contributed by atoms with E-state index in [9.17, 15) is 4.79 Å². The van der Waals surface area contributed by atoms with E-state index in [2.05, 4.69) is 24.1 Å². The van der Waals surface area contributed by atoms with Crippen molar-refractivity contribution in [3.63, 3.8) is 0 Å². The van der Waals surface area contributed by atoms with Crippen LogP contribution in [0.25, 0.3) is 16.5 Å². The van der Waals surface area contributed by atoms with Crippen LogP contribution in [0.4, 0.5) is 0 Å². The van der Waals surface area contributed by atoms with Crippen molar-refractivity contribution >= 4 is 34.0 Å². The number of carbonyl (C=O) groups is 1. The minimum atomic E-state index is -0.409. The van der Waals surface area contributed by atoms with Crippen LogP contribution in [0.5, 0.6) is 0 Å². The molecule has 0 unspecified atom stereocenters. The van der Waals surface area contributed by atoms with Crippen LogP contribution in [0.2, 0.25) is 5.02 Å². The summed E-state index contributed by atoms with van der Waals surface area (Å²) in [5.74, 6) is -0.409. The number of fused-ring (bicyclic) bond motifs is 1. The van der Waals surface area contributed by atoms with Gasteiger partial charge in [-0.2, -0.15) is 4.73 Å². The summed E-state index contributed by atoms with van der Waals surface area (Å²) in [6.45, 7) is 3.93. The van der Waals surface area contributed by atoms with Crippen molar-refractivity contribution in [2.75, 3.05) is 20.1 Å². The Labute approximate surface area is 163 Å². The lowest BCUT2D eigenvalue weighted by Crippen LogP contribution is -2.23. The van der Waals surface area contributed by atoms with Crippen molar-refractivity contribution in [2.24, 2.45) is 0 Å². The largest absolute Gasteiger partial charge is 0.363 e. The minimum absolute atomic E-state index is 0.409. The van der Waals surface area contributed by atoms with Gasteiger partial charge in [0.2, 0.25) is 0 Å². The highest BCUT2D eigenvalue weighted by molar-refractivity contribution is 6.35. The first-order valence-corrected chi connectivity index (χ1v) is 9.37. The third kappa shape index (κ3) is 3.51. The number of aryl methyl sites for hydroxylation is 1. The number of hydrogen-bond acceptors (Lipinski definition) is 3. The molecular formula is C22H21ClN2O2. The lowest BCUT2D eigenvalue weighted by Gasteiger charge is -2.21. The maximum Gasteiger partial charge on any atom is 0.363 e. The van der Waals surface area contributed by atoms with Crippen LogP contribution < -0.4 is 4.84 Å². The van der Waals surface area contributed by atoms with Crippen molar-refractivity contribution in [3.05, 3.63) is 76.5 Å². The quantitative estimate of drug-likeness (QED) is 0.666. The molecule has 0 atom stereocenters. The van der Waals surface area contributed by atoms with E-state index in [-0.39, 0.29) is 0 Å². The molecule has 138 valence electrons. The zero-order valence-electron chi connectivity index (χ0n) is 15.4. The number of carbonyl (C=O) groups excluding carboxylic acids is 1. The second-order valence-electron chi connectivity index (χ2n) is 7.00. The van der Waals surface area contributed by atoms with Gasteiger partial charge in [0.15, 0.2) is 0 Å². The Bertz CT molecular complexity index is 1040. The van der Waals surface area contributed by atoms with Gasteiger partial charge in [-0.1, -0.05) is 35.9 Å². The average Bonchev–Trinajstić information content (AvgIpc) is 3.01. The molecule has 0 saturated carbocycles. The lowest BCUT2D eigenvalue weighted by molar-refractivity contribution is 0.0483. The van der Waals surface area contributed by atoms with Crippen LogP contribution in [-0.2, 0) is 0 Å². The third-order valence-electron chi connectivity index (χ3n) is 4.91. The second kappa shape index (κ2) is 7.22. The maximum absolute atomic E-state index is 12.6. The van der Waals surface area contributed by atoms with Crippen molar-refractivity contribution in [1.82, 2.24) is 9.63 Å². The van der Waals surface area contributed by atoms with Crippen molar-refractivity contribution in [3.8, 4) is 0 Å². The smallest absolute Gasteiger partial charge is 0.331 e. The maximum atomic E-state index is 12.6. The molecule has 0 aliphatic carbocycles. The number of likely N-dealkylation sites (N-methyl/N-ethyl adjacent to an activating group) is 1. The van der Waals surface area contributed by atoms with Gasteiger partial charge >= 0.3 is 5.97 Å². The van der Waals surface area contributed by atoms with E-state index in [1.54, 1.807) is 12.1 Å². The van der Waals surface area contributed by atoms with E-state index in [4.69, 9.17) is 16.4 Å². The molecular weight excluding hydrogens is 360 g/mol. The number of benzene rings is 2. The van der Waals surface area contributed by atoms with Crippen molar-refractivity contribution in [1.29, 1.82) is 0 Å². The zero-order valence-corrected chi connectivity index (χ0v) is 16.2. The fourth-order valence-corrected chi connectivity index (χ4v) is 3.83. The summed E-state index contributed by atoms with van der Waals surface area (Å²) in [5, 5.41) is 1.59. The van der Waals surface area contributed by atoms with Crippen LogP contribution in [-0.4, -0.2) is 35.7 Å². The fourth-order valence-electron chi connectivity index (χ4n) is 3.47. The third-order valence-corrected chi connectivity index (χ3v) is 5.20. The van der Waals surface area contributed by atoms with Gasteiger partial charge in [0.25, 0.3) is 0 Å². The van der Waals surface area contributed by atoms with Gasteiger partial charge in [-0.05, 0) is 55.8 Å². The number of aromatic nitrogens is 1. The molecule has 4 rings (SSSR count). The predicted molar refractivity (Wildman–Crippen MR) is 109 cm³/mol. The standard InChI is InChI=1S/C22H21ClN2O2/c1-15-12-18-19(16-8-10-24(2)11-9-16)14-25(21(18)20(23)13-15)27-22(26)17-6-4-3-5-7-17/h3-8,12-14H,9-11H2,1-2H3. The highest BCUT2D eigenvalue weighted by Crippen LogP contribution is 2.35. The molecule has 0 N–H and O–H groups in total. The molecule has 2 aromatic carbocycles. The summed E-state index contributed by atoms with van der Waals surface area (Å²) >= 11 is 6.53. The Hall–Kier alpha value is -2.56. The van der Waals surface area contributed by atoms with Crippen LogP contribution in [0.3, 0.4) is 0 Å². The molecule has 0 radical (unpaired) electrons. The molecule has 4 nitrogen and oxygen atoms in total. The Morgan fingerprint density at radius 2 is 1.96 bits per heavy atom. The van der Waals surface area contributed by atoms with Crippen LogP contribution in [0.1, 0.15) is 27.9 Å². The van der Waals surface area contributed by atoms with E-state index in [0.717, 1.165) is 41.5 Å². The predicted octanol–water partition coefficient (Wildman–Crippen LogP) is 4.59. The molecule has 0 fully saturated rings. The van der Waals surface area contributed by atoms with Gasteiger partial charge in [0.05, 0.1) is 16.8 Å². The number of halogens is 1. The molecule has 1 aliphatic rings. The van der Waals surface area contributed by atoms with Gasteiger partial charge in [-0.3, -0.25) is 0 Å². The molecule has 27 heavy (non-hydrogen) atoms. The molecule has 0 spiro atoms. The summed E-state index contributed by atoms with van der Waals surface area (Å²) < 4.78 is 1.51. The Kier molecular flexibility index (Phi) is 4.77. The number of rotatable bonds is 3. The molecule has 1 aromatic heterocycles. The summed E-state index contributed by atoms with van der Waals surface area (Å²) in [5.41, 5.74) is 4.64. The highest BCUT2D eigenvalue weighted by Gasteiger charge is 2.20. The molecule has 0 saturated heterocycles. The summed E-state index contributed by atoms with van der Waals surface area (Å²) in [6.07, 6.45) is 5.07. The van der Waals surface area contributed by atoms with Crippen LogP contribution in [0.15, 0.2) is 54.7 Å². The highest BCUT2D eigenvalue weighted by atomic mass is 35.5. The van der Waals surface area contributed by atoms with Gasteiger partial charge in [-0.25, -0.2) is 4.79 Å². The molecule has 0 amide bonds. The van der Waals surface area contributed by atoms with E-state index in [1.165, 1.54) is 10.3 Å². The Morgan fingerprint density at radius 3 is 2.67 bits per heavy atom. The second-order valence-corrected chi connectivity index (χ2v) is 7.41. The zero-order chi connectivity index (χ0) is 19.0. The monoisotopic (exact) mass is 380 g/mol. The summed E-state index contributed by atoms with van der Waals surface area (Å²) in [7, 11) is 2.11. The Morgan fingerprint density at radius 1 is 1.19 bits per heavy atom. The molecule has 5 heteroatoms. The molecule has 2 heterocycles. The minimum Gasteiger partial charge on any atom is -0.331 e. The molecule has 1 aliphatic heterocycles. The lowest BCUT2D eigenvalue weighted by atomic mass is 9.98. The van der Waals surface area contributed by atoms with Gasteiger partial charge in [-0.15, -0.1) is 0 Å². The average molecular weight is 381 g/mol. The van der Waals surface area contributed by atoms with Gasteiger partial charge in [0.1, 0.15) is 5.52 Å². The van der Waals surface area contributed by atoms with Crippen molar-refractivity contribution < 1.29 is 9.63 Å². The normalized spacial score (nSPS) is 15.0. The first-order chi connectivity index (χ1) is 13.0. The number of nitrogens with zero attached hydrogens (tertiary/aromatic N) is 2. The summed E-state index contributed by atoms with van der Waals surface area (Å²) in [6, 6.07) is 13.0. The van der Waals surface area contributed by atoms with E-state index >= 15 is 0 Å². The Balaban J connectivity index is 1.80. The van der Waals surface area contributed by atoms with E-state index in [1.807, 2.05) is 37.4 Å². The first-order valence-electron chi connectivity index (χ1n) is 9.00. The topological polar surface area (TPSA) is 34.5 Å². The van der Waals surface area contributed by atoms with Crippen LogP contribution >= 0.6 is 11.6 Å². The first kappa shape index (κ1) is 17.8. The fraction of sp³-hybridized carbons (Fsp3) is 0.227.